The van der Waals surface area contributed by atoms with Crippen molar-refractivity contribution in [3.05, 3.63) is 30.1 Å². The molecule has 0 saturated heterocycles. The van der Waals surface area contributed by atoms with Crippen LogP contribution in [0.25, 0.3) is 0 Å². The molecule has 96 valence electrons. The van der Waals surface area contributed by atoms with Crippen molar-refractivity contribution in [3.63, 3.8) is 0 Å². The summed E-state index contributed by atoms with van der Waals surface area (Å²) in [5.41, 5.74) is 3.92. The fraction of sp³-hybridized carbons (Fsp3) is 0.333. The second-order valence-corrected chi connectivity index (χ2v) is 3.54. The highest BCUT2D eigenvalue weighted by Crippen LogP contribution is 1.98. The monoisotopic (exact) mass is 249 g/mol. The number of esters is 1. The number of ether oxygens (including phenoxy) is 1. The number of pyridine rings is 1. The zero-order chi connectivity index (χ0) is 13.4. The van der Waals surface area contributed by atoms with Crippen LogP contribution in [0.15, 0.2) is 29.6 Å². The minimum atomic E-state index is -0.417. The maximum atomic E-state index is 11.4. The summed E-state index contributed by atoms with van der Waals surface area (Å²) in [6, 6.07) is 3.58. The Bertz CT molecular complexity index is 443. The number of carbonyl (C=O) groups is 2. The molecular formula is C12H15N3O3. The molecule has 0 aliphatic heterocycles. The smallest absolute Gasteiger partial charge is 0.306 e. The van der Waals surface area contributed by atoms with Gasteiger partial charge in [0.1, 0.15) is 0 Å². The molecule has 0 saturated carbocycles. The average Bonchev–Trinajstić information content (AvgIpc) is 2.42. The molecular weight excluding hydrogens is 234 g/mol. The molecule has 1 N–H and O–H groups in total. The van der Waals surface area contributed by atoms with Gasteiger partial charge in [-0.15, -0.1) is 0 Å². The fourth-order valence-corrected chi connectivity index (χ4v) is 1.18. The Hall–Kier alpha value is -2.24. The quantitative estimate of drug-likeness (QED) is 0.477. The molecule has 1 rings (SSSR count). The van der Waals surface area contributed by atoms with E-state index in [1.165, 1.54) is 7.11 Å². The molecule has 18 heavy (non-hydrogen) atoms. The molecule has 0 aliphatic rings. The van der Waals surface area contributed by atoms with Gasteiger partial charge in [0.2, 0.25) is 5.91 Å². The number of hydrazone groups is 1. The Labute approximate surface area is 105 Å². The van der Waals surface area contributed by atoms with Crippen molar-refractivity contribution in [1.82, 2.24) is 10.4 Å². The summed E-state index contributed by atoms with van der Waals surface area (Å²) < 4.78 is 4.43. The summed E-state index contributed by atoms with van der Waals surface area (Å²) in [4.78, 5) is 26.1. The molecule has 6 heteroatoms. The average molecular weight is 249 g/mol. The third-order valence-electron chi connectivity index (χ3n) is 2.23. The summed E-state index contributed by atoms with van der Waals surface area (Å²) in [5, 5.41) is 3.94. The number of methoxy groups -OCH3 is 1. The van der Waals surface area contributed by atoms with Crippen LogP contribution in [0.1, 0.15) is 25.3 Å². The lowest BCUT2D eigenvalue weighted by Crippen LogP contribution is -2.20. The molecule has 0 spiro atoms. The van der Waals surface area contributed by atoms with Crippen molar-refractivity contribution in [2.75, 3.05) is 7.11 Å². The van der Waals surface area contributed by atoms with Gasteiger partial charge in [-0.1, -0.05) is 0 Å². The van der Waals surface area contributed by atoms with Gasteiger partial charge >= 0.3 is 5.97 Å². The van der Waals surface area contributed by atoms with E-state index in [0.717, 1.165) is 5.56 Å². The standard InChI is InChI=1S/C12H15N3O3/c1-9(10-5-7-13-8-6-10)14-15-11(16)3-4-12(17)18-2/h5-8H,3-4H2,1-2H3,(H,15,16). The lowest BCUT2D eigenvalue weighted by atomic mass is 10.2. The maximum absolute atomic E-state index is 11.4. The Morgan fingerprint density at radius 1 is 1.33 bits per heavy atom. The van der Waals surface area contributed by atoms with Gasteiger partial charge in [0.05, 0.1) is 19.2 Å². The normalized spacial score (nSPS) is 10.9. The molecule has 0 aliphatic carbocycles. The molecule has 0 atom stereocenters. The van der Waals surface area contributed by atoms with Crippen molar-refractivity contribution in [2.45, 2.75) is 19.8 Å². The van der Waals surface area contributed by atoms with E-state index in [2.05, 4.69) is 20.2 Å². The highest BCUT2D eigenvalue weighted by Gasteiger charge is 2.06. The van der Waals surface area contributed by atoms with E-state index in [4.69, 9.17) is 0 Å². The largest absolute Gasteiger partial charge is 0.469 e. The maximum Gasteiger partial charge on any atom is 0.306 e. The first-order valence-corrected chi connectivity index (χ1v) is 5.44. The van der Waals surface area contributed by atoms with Crippen LogP contribution in [0.5, 0.6) is 0 Å². The first kappa shape index (κ1) is 13.8. The van der Waals surface area contributed by atoms with Gasteiger partial charge in [-0.2, -0.15) is 5.10 Å². The molecule has 0 aromatic carbocycles. The first-order valence-electron chi connectivity index (χ1n) is 5.44. The van der Waals surface area contributed by atoms with E-state index in [1.54, 1.807) is 31.5 Å². The van der Waals surface area contributed by atoms with E-state index >= 15 is 0 Å². The highest BCUT2D eigenvalue weighted by molar-refractivity contribution is 5.99. The van der Waals surface area contributed by atoms with Crippen LogP contribution >= 0.6 is 0 Å². The Kier molecular flexibility index (Phi) is 5.50. The molecule has 0 radical (unpaired) electrons. The molecule has 0 bridgehead atoms. The van der Waals surface area contributed by atoms with Crippen LogP contribution in [0.3, 0.4) is 0 Å². The molecule has 0 fully saturated rings. The Morgan fingerprint density at radius 3 is 2.61 bits per heavy atom. The van der Waals surface area contributed by atoms with Crippen LogP contribution in [0.2, 0.25) is 0 Å². The SMILES string of the molecule is COC(=O)CCC(=O)NN=C(C)c1ccncc1. The predicted molar refractivity (Wildman–Crippen MR) is 65.8 cm³/mol. The van der Waals surface area contributed by atoms with E-state index in [1.807, 2.05) is 0 Å². The Balaban J connectivity index is 2.44. The number of rotatable bonds is 5. The van der Waals surface area contributed by atoms with Gasteiger partial charge in [0.15, 0.2) is 0 Å². The van der Waals surface area contributed by atoms with Crippen LogP contribution in [0, 0.1) is 0 Å². The van der Waals surface area contributed by atoms with Gasteiger partial charge in [0, 0.05) is 24.4 Å². The predicted octanol–water partition coefficient (Wildman–Crippen LogP) is 0.875. The lowest BCUT2D eigenvalue weighted by Gasteiger charge is -2.02. The minimum absolute atomic E-state index is 0.0478. The second kappa shape index (κ2) is 7.16. The summed E-state index contributed by atoms with van der Waals surface area (Å²) in [7, 11) is 1.28. The number of nitrogens with one attached hydrogen (secondary N) is 1. The van der Waals surface area contributed by atoms with E-state index in [0.29, 0.717) is 5.71 Å². The summed E-state index contributed by atoms with van der Waals surface area (Å²) in [5.74, 6) is -0.742. The van der Waals surface area contributed by atoms with E-state index < -0.39 is 5.97 Å². The van der Waals surface area contributed by atoms with Gasteiger partial charge < -0.3 is 4.74 Å². The molecule has 0 unspecified atom stereocenters. The zero-order valence-corrected chi connectivity index (χ0v) is 10.3. The third-order valence-corrected chi connectivity index (χ3v) is 2.23. The summed E-state index contributed by atoms with van der Waals surface area (Å²) >= 11 is 0. The van der Waals surface area contributed by atoms with Crippen molar-refractivity contribution < 1.29 is 14.3 Å². The second-order valence-electron chi connectivity index (χ2n) is 3.54. The van der Waals surface area contributed by atoms with Gasteiger partial charge in [-0.3, -0.25) is 14.6 Å². The van der Waals surface area contributed by atoms with Crippen LogP contribution in [-0.2, 0) is 14.3 Å². The van der Waals surface area contributed by atoms with E-state index in [9.17, 15) is 9.59 Å². The van der Waals surface area contributed by atoms with E-state index in [-0.39, 0.29) is 18.7 Å². The number of nitrogens with zero attached hydrogens (tertiary/aromatic N) is 2. The number of carbonyl (C=O) groups excluding carboxylic acids is 2. The molecule has 1 aromatic rings. The summed E-state index contributed by atoms with van der Waals surface area (Å²) in [6.07, 6.45) is 3.40. The minimum Gasteiger partial charge on any atom is -0.469 e. The number of hydrogen-bond acceptors (Lipinski definition) is 5. The topological polar surface area (TPSA) is 80.7 Å². The Morgan fingerprint density at radius 2 is 2.00 bits per heavy atom. The first-order chi connectivity index (χ1) is 8.63. The lowest BCUT2D eigenvalue weighted by molar-refractivity contribution is -0.142. The number of hydrogen-bond donors (Lipinski definition) is 1. The molecule has 6 nitrogen and oxygen atoms in total. The number of amides is 1. The zero-order valence-electron chi connectivity index (χ0n) is 10.3. The van der Waals surface area contributed by atoms with Crippen molar-refractivity contribution in [1.29, 1.82) is 0 Å². The summed E-state index contributed by atoms with van der Waals surface area (Å²) in [6.45, 7) is 1.77. The van der Waals surface area contributed by atoms with Crippen LogP contribution < -0.4 is 5.43 Å². The van der Waals surface area contributed by atoms with Gasteiger partial charge in [0.25, 0.3) is 0 Å². The van der Waals surface area contributed by atoms with Crippen molar-refractivity contribution in [3.8, 4) is 0 Å². The molecule has 1 heterocycles. The molecule has 1 aromatic heterocycles. The van der Waals surface area contributed by atoms with Crippen LogP contribution in [0.4, 0.5) is 0 Å². The van der Waals surface area contributed by atoms with Crippen molar-refractivity contribution >= 4 is 17.6 Å². The van der Waals surface area contributed by atoms with Gasteiger partial charge in [-0.25, -0.2) is 5.43 Å². The number of aromatic nitrogens is 1. The van der Waals surface area contributed by atoms with Crippen molar-refractivity contribution in [2.24, 2.45) is 5.10 Å². The molecule has 1 amide bonds. The van der Waals surface area contributed by atoms with Gasteiger partial charge in [-0.05, 0) is 19.1 Å². The highest BCUT2D eigenvalue weighted by atomic mass is 16.5. The third kappa shape index (κ3) is 4.73. The van der Waals surface area contributed by atoms with Crippen LogP contribution in [-0.4, -0.2) is 29.7 Å². The fourth-order valence-electron chi connectivity index (χ4n) is 1.18.